The van der Waals surface area contributed by atoms with Gasteiger partial charge in [0, 0.05) is 11.6 Å². The molecule has 6 nitrogen and oxygen atoms in total. The first-order chi connectivity index (χ1) is 10.9. The van der Waals surface area contributed by atoms with E-state index in [0.29, 0.717) is 10.7 Å². The Labute approximate surface area is 130 Å². The van der Waals surface area contributed by atoms with Crippen LogP contribution < -0.4 is 5.32 Å². The van der Waals surface area contributed by atoms with E-state index < -0.39 is 17.6 Å². The number of amides is 1. The van der Waals surface area contributed by atoms with E-state index in [-0.39, 0.29) is 11.5 Å². The number of hydrogen-bond acceptors (Lipinski definition) is 6. The van der Waals surface area contributed by atoms with Gasteiger partial charge in [0.2, 0.25) is 10.9 Å². The molecule has 0 unspecified atom stereocenters. The number of hydrogen-bond donors (Lipinski definition) is 1. The highest BCUT2D eigenvalue weighted by atomic mass is 32.1. The Balaban J connectivity index is 1.77. The van der Waals surface area contributed by atoms with Gasteiger partial charge in [0.15, 0.2) is 0 Å². The highest BCUT2D eigenvalue weighted by molar-refractivity contribution is 7.13. The predicted octanol–water partition coefficient (Wildman–Crippen LogP) is 3.46. The van der Waals surface area contributed by atoms with Crippen molar-refractivity contribution in [2.24, 2.45) is 0 Å². The SMILES string of the molecule is O=C(Nc1nncs1)c1cc(-c2ccc(C(F)(F)F)cc2)no1. The molecule has 0 bridgehead atoms. The summed E-state index contributed by atoms with van der Waals surface area (Å²) in [6, 6.07) is 5.72. The molecule has 2 aromatic heterocycles. The summed E-state index contributed by atoms with van der Waals surface area (Å²) in [5.74, 6) is -0.664. The van der Waals surface area contributed by atoms with Crippen LogP contribution in [-0.2, 0) is 6.18 Å². The molecular formula is C13H7F3N4O2S. The second kappa shape index (κ2) is 5.80. The predicted molar refractivity (Wildman–Crippen MR) is 74.8 cm³/mol. The highest BCUT2D eigenvalue weighted by Gasteiger charge is 2.30. The summed E-state index contributed by atoms with van der Waals surface area (Å²) in [5.41, 5.74) is 1.33. The van der Waals surface area contributed by atoms with Gasteiger partial charge in [-0.3, -0.25) is 10.1 Å². The van der Waals surface area contributed by atoms with Crippen LogP contribution >= 0.6 is 11.3 Å². The van der Waals surface area contributed by atoms with Gasteiger partial charge in [0.1, 0.15) is 11.2 Å². The molecule has 0 radical (unpaired) electrons. The van der Waals surface area contributed by atoms with Crippen LogP contribution in [0, 0.1) is 0 Å². The molecule has 0 atom stereocenters. The van der Waals surface area contributed by atoms with E-state index in [2.05, 4.69) is 20.7 Å². The monoisotopic (exact) mass is 340 g/mol. The molecule has 0 aliphatic carbocycles. The third kappa shape index (κ3) is 3.37. The average molecular weight is 340 g/mol. The van der Waals surface area contributed by atoms with Crippen LogP contribution in [0.15, 0.2) is 40.4 Å². The fourth-order valence-corrected chi connectivity index (χ4v) is 2.17. The maximum Gasteiger partial charge on any atom is 0.416 e. The van der Waals surface area contributed by atoms with Gasteiger partial charge < -0.3 is 4.52 Å². The van der Waals surface area contributed by atoms with Crippen LogP contribution in [0.3, 0.4) is 0 Å². The van der Waals surface area contributed by atoms with E-state index in [4.69, 9.17) is 4.52 Å². The zero-order valence-corrected chi connectivity index (χ0v) is 12.0. The van der Waals surface area contributed by atoms with Crippen LogP contribution in [0.5, 0.6) is 0 Å². The van der Waals surface area contributed by atoms with Gasteiger partial charge in [0.25, 0.3) is 5.91 Å². The number of halogens is 3. The Morgan fingerprint density at radius 2 is 1.96 bits per heavy atom. The molecule has 3 aromatic rings. The second-order valence-electron chi connectivity index (χ2n) is 4.35. The summed E-state index contributed by atoms with van der Waals surface area (Å²) in [6.45, 7) is 0. The smallest absolute Gasteiger partial charge is 0.350 e. The first-order valence-electron chi connectivity index (χ1n) is 6.15. The van der Waals surface area contributed by atoms with E-state index in [1.54, 1.807) is 0 Å². The lowest BCUT2D eigenvalue weighted by Crippen LogP contribution is -2.10. The standard InChI is InChI=1S/C13H7F3N4O2S/c14-13(15,16)8-3-1-7(2-4-8)9-5-10(22-20-9)11(21)18-12-19-17-6-23-12/h1-6H,(H,18,19,21). The van der Waals surface area contributed by atoms with Gasteiger partial charge in [-0.1, -0.05) is 28.6 Å². The average Bonchev–Trinajstić information content (AvgIpc) is 3.17. The van der Waals surface area contributed by atoms with Crippen molar-refractivity contribution in [3.63, 3.8) is 0 Å². The van der Waals surface area contributed by atoms with Crippen molar-refractivity contribution in [3.05, 3.63) is 47.2 Å². The van der Waals surface area contributed by atoms with E-state index in [9.17, 15) is 18.0 Å². The Morgan fingerprint density at radius 1 is 1.22 bits per heavy atom. The van der Waals surface area contributed by atoms with Crippen LogP contribution in [-0.4, -0.2) is 21.3 Å². The van der Waals surface area contributed by atoms with E-state index in [1.807, 2.05) is 0 Å². The van der Waals surface area contributed by atoms with E-state index in [1.165, 1.54) is 23.7 Å². The summed E-state index contributed by atoms with van der Waals surface area (Å²) in [5, 5.41) is 13.6. The number of benzene rings is 1. The molecule has 0 aliphatic rings. The van der Waals surface area contributed by atoms with Gasteiger partial charge in [-0.05, 0) is 12.1 Å². The van der Waals surface area contributed by atoms with E-state index in [0.717, 1.165) is 23.5 Å². The number of aromatic nitrogens is 3. The Bertz CT molecular complexity index is 813. The summed E-state index contributed by atoms with van der Waals surface area (Å²) in [6.07, 6.45) is -4.41. The molecule has 0 spiro atoms. The van der Waals surface area contributed by atoms with Crippen molar-refractivity contribution in [1.82, 2.24) is 15.4 Å². The number of alkyl halides is 3. The van der Waals surface area contributed by atoms with Crippen molar-refractivity contribution in [1.29, 1.82) is 0 Å². The van der Waals surface area contributed by atoms with Gasteiger partial charge in [-0.25, -0.2) is 0 Å². The molecule has 0 saturated heterocycles. The molecule has 1 aromatic carbocycles. The first-order valence-corrected chi connectivity index (χ1v) is 7.03. The van der Waals surface area contributed by atoms with Gasteiger partial charge >= 0.3 is 6.18 Å². The highest BCUT2D eigenvalue weighted by Crippen LogP contribution is 2.30. The maximum absolute atomic E-state index is 12.5. The normalized spacial score (nSPS) is 11.4. The molecule has 10 heteroatoms. The summed E-state index contributed by atoms with van der Waals surface area (Å²) >= 11 is 1.13. The summed E-state index contributed by atoms with van der Waals surface area (Å²) < 4.78 is 42.4. The fraction of sp³-hybridized carbons (Fsp3) is 0.0769. The van der Waals surface area contributed by atoms with Crippen molar-refractivity contribution >= 4 is 22.4 Å². The molecule has 0 fully saturated rings. The first kappa shape index (κ1) is 15.2. The topological polar surface area (TPSA) is 80.9 Å². The maximum atomic E-state index is 12.5. The van der Waals surface area contributed by atoms with Crippen molar-refractivity contribution in [2.45, 2.75) is 6.18 Å². The Hall–Kier alpha value is -2.75. The zero-order valence-electron chi connectivity index (χ0n) is 11.2. The number of carbonyl (C=O) groups is 1. The molecule has 2 heterocycles. The van der Waals surface area contributed by atoms with Gasteiger partial charge in [-0.15, -0.1) is 10.2 Å². The number of nitrogens with one attached hydrogen (secondary N) is 1. The zero-order chi connectivity index (χ0) is 16.4. The van der Waals surface area contributed by atoms with Crippen molar-refractivity contribution in [2.75, 3.05) is 5.32 Å². The summed E-state index contributed by atoms with van der Waals surface area (Å²) in [7, 11) is 0. The lowest BCUT2D eigenvalue weighted by Gasteiger charge is -2.06. The van der Waals surface area contributed by atoms with Crippen LogP contribution in [0.25, 0.3) is 11.3 Å². The largest absolute Gasteiger partial charge is 0.416 e. The minimum atomic E-state index is -4.41. The van der Waals surface area contributed by atoms with Crippen LogP contribution in [0.2, 0.25) is 0 Å². The molecule has 3 rings (SSSR count). The molecule has 1 N–H and O–H groups in total. The number of anilines is 1. The minimum absolute atomic E-state index is 0.0879. The third-order valence-electron chi connectivity index (χ3n) is 2.82. The minimum Gasteiger partial charge on any atom is -0.350 e. The fourth-order valence-electron chi connectivity index (χ4n) is 1.73. The number of rotatable bonds is 3. The molecule has 23 heavy (non-hydrogen) atoms. The molecule has 1 amide bonds. The van der Waals surface area contributed by atoms with Crippen molar-refractivity contribution < 1.29 is 22.5 Å². The molecule has 118 valence electrons. The van der Waals surface area contributed by atoms with Crippen molar-refractivity contribution in [3.8, 4) is 11.3 Å². The third-order valence-corrected chi connectivity index (χ3v) is 3.43. The van der Waals surface area contributed by atoms with E-state index >= 15 is 0 Å². The van der Waals surface area contributed by atoms with Gasteiger partial charge in [0.05, 0.1) is 5.56 Å². The Kier molecular flexibility index (Phi) is 3.82. The lowest BCUT2D eigenvalue weighted by molar-refractivity contribution is -0.137. The molecule has 0 aliphatic heterocycles. The Morgan fingerprint density at radius 3 is 2.57 bits per heavy atom. The number of carbonyl (C=O) groups excluding carboxylic acids is 1. The summed E-state index contributed by atoms with van der Waals surface area (Å²) in [4.78, 5) is 11.9. The van der Waals surface area contributed by atoms with Crippen LogP contribution in [0.4, 0.5) is 18.3 Å². The van der Waals surface area contributed by atoms with Crippen LogP contribution in [0.1, 0.15) is 16.1 Å². The van der Waals surface area contributed by atoms with Gasteiger partial charge in [-0.2, -0.15) is 13.2 Å². The number of nitrogens with zero attached hydrogens (tertiary/aromatic N) is 3. The lowest BCUT2D eigenvalue weighted by atomic mass is 10.1. The quantitative estimate of drug-likeness (QED) is 0.790. The molecule has 0 saturated carbocycles. The second-order valence-corrected chi connectivity index (χ2v) is 5.18. The molecular weight excluding hydrogens is 333 g/mol.